The van der Waals surface area contributed by atoms with Crippen molar-refractivity contribution in [3.8, 4) is 11.8 Å². The zero-order valence-corrected chi connectivity index (χ0v) is 11.9. The lowest BCUT2D eigenvalue weighted by atomic mass is 9.89. The van der Waals surface area contributed by atoms with Crippen LogP contribution in [0, 0.1) is 17.8 Å². The van der Waals surface area contributed by atoms with Crippen LogP contribution in [0.25, 0.3) is 0 Å². The highest BCUT2D eigenvalue weighted by molar-refractivity contribution is 5.38. The first-order valence-electron chi connectivity index (χ1n) is 7.52. The molecule has 0 amide bonds. The second-order valence-corrected chi connectivity index (χ2v) is 5.37. The molecule has 0 aliphatic heterocycles. The first-order valence-corrected chi connectivity index (χ1v) is 7.52. The second kappa shape index (κ2) is 8.43. The van der Waals surface area contributed by atoms with Gasteiger partial charge in [0.2, 0.25) is 0 Å². The van der Waals surface area contributed by atoms with E-state index in [1.165, 1.54) is 37.7 Å². The van der Waals surface area contributed by atoms with Crippen LogP contribution in [-0.4, -0.2) is 12.6 Å². The van der Waals surface area contributed by atoms with Gasteiger partial charge in [0.15, 0.2) is 6.10 Å². The van der Waals surface area contributed by atoms with E-state index < -0.39 is 0 Å². The molecule has 20 heavy (non-hydrogen) atoms. The predicted octanol–water partition coefficient (Wildman–Crippen LogP) is 3.74. The molecule has 1 atom stereocenters. The minimum Gasteiger partial charge on any atom is -0.451 e. The van der Waals surface area contributed by atoms with Crippen molar-refractivity contribution in [1.29, 1.82) is 0 Å². The maximum Gasteiger partial charge on any atom is 0.294 e. The molecule has 2 nitrogen and oxygen atoms in total. The topological polar surface area (TPSA) is 26.3 Å². The van der Waals surface area contributed by atoms with Gasteiger partial charge in [0.1, 0.15) is 0 Å². The van der Waals surface area contributed by atoms with Crippen LogP contribution in [0.1, 0.15) is 44.1 Å². The highest BCUT2D eigenvalue weighted by atomic mass is 16.5. The average Bonchev–Trinajstić information content (AvgIpc) is 2.52. The van der Waals surface area contributed by atoms with Crippen molar-refractivity contribution in [3.05, 3.63) is 35.9 Å². The molecule has 1 aliphatic carbocycles. The van der Waals surface area contributed by atoms with E-state index >= 15 is 0 Å². The normalized spacial score (nSPS) is 16.8. The minimum atomic E-state index is -0.269. The molecular weight excluding hydrogens is 248 g/mol. The number of carbonyl (C=O) groups is 1. The first-order chi connectivity index (χ1) is 9.88. The molecule has 1 fully saturated rings. The Morgan fingerprint density at radius 2 is 1.95 bits per heavy atom. The lowest BCUT2D eigenvalue weighted by Crippen LogP contribution is -2.12. The van der Waals surface area contributed by atoms with Crippen molar-refractivity contribution in [2.45, 2.75) is 51.0 Å². The molecule has 2 heteroatoms. The van der Waals surface area contributed by atoms with Crippen molar-refractivity contribution < 1.29 is 9.53 Å². The average molecular weight is 270 g/mol. The third-order valence-corrected chi connectivity index (χ3v) is 3.81. The molecule has 1 aromatic carbocycles. The third-order valence-electron chi connectivity index (χ3n) is 3.81. The monoisotopic (exact) mass is 270 g/mol. The molecule has 0 bridgehead atoms. The molecule has 0 saturated heterocycles. The summed E-state index contributed by atoms with van der Waals surface area (Å²) in [6.45, 7) is 0.519. The summed E-state index contributed by atoms with van der Waals surface area (Å²) in [5.41, 5.74) is 1.26. The smallest absolute Gasteiger partial charge is 0.294 e. The van der Waals surface area contributed by atoms with Crippen LogP contribution in [0.5, 0.6) is 0 Å². The number of carbonyl (C=O) groups excluding carboxylic acids is 1. The summed E-state index contributed by atoms with van der Waals surface area (Å²) in [5, 5.41) is 0. The molecule has 2 rings (SSSR count). The molecule has 0 spiro atoms. The van der Waals surface area contributed by atoms with Crippen LogP contribution in [0.3, 0.4) is 0 Å². The Kier molecular flexibility index (Phi) is 6.17. The van der Waals surface area contributed by atoms with E-state index in [2.05, 4.69) is 24.0 Å². The standard InChI is InChI=1S/C18H22O2/c19-15-20-18(13-11-16-7-3-1-4-8-16)14-12-17-9-5-2-6-10-17/h1,3-4,7-8,15,17-18H,2,5-6,9-11,13H2. The Bertz CT molecular complexity index is 449. The summed E-state index contributed by atoms with van der Waals surface area (Å²) in [5.74, 6) is 6.96. The Balaban J connectivity index is 1.86. The zero-order chi connectivity index (χ0) is 14.0. The molecule has 1 aliphatic rings. The number of aryl methyl sites for hydroxylation is 1. The van der Waals surface area contributed by atoms with Crippen molar-refractivity contribution in [1.82, 2.24) is 0 Å². The lowest BCUT2D eigenvalue weighted by molar-refractivity contribution is -0.131. The van der Waals surface area contributed by atoms with Crippen LogP contribution in [-0.2, 0) is 16.0 Å². The van der Waals surface area contributed by atoms with Gasteiger partial charge >= 0.3 is 0 Å². The SMILES string of the molecule is O=COC(C#CC1CCCCC1)CCc1ccccc1. The van der Waals surface area contributed by atoms with Crippen LogP contribution >= 0.6 is 0 Å². The molecule has 1 aromatic rings. The summed E-state index contributed by atoms with van der Waals surface area (Å²) in [4.78, 5) is 10.6. The summed E-state index contributed by atoms with van der Waals surface area (Å²) in [6, 6.07) is 10.2. The molecule has 1 unspecified atom stereocenters. The van der Waals surface area contributed by atoms with E-state index in [-0.39, 0.29) is 6.10 Å². The van der Waals surface area contributed by atoms with Gasteiger partial charge in [-0.1, -0.05) is 61.4 Å². The van der Waals surface area contributed by atoms with E-state index in [0.717, 1.165) is 12.8 Å². The minimum absolute atomic E-state index is 0.269. The Hall–Kier alpha value is -1.75. The lowest BCUT2D eigenvalue weighted by Gasteiger charge is -2.16. The number of hydrogen-bond acceptors (Lipinski definition) is 2. The number of benzene rings is 1. The first kappa shape index (κ1) is 14.7. The second-order valence-electron chi connectivity index (χ2n) is 5.37. The number of ether oxygens (including phenoxy) is 1. The fourth-order valence-corrected chi connectivity index (χ4v) is 2.64. The van der Waals surface area contributed by atoms with Crippen molar-refractivity contribution in [3.63, 3.8) is 0 Å². The Labute approximate surface area is 121 Å². The van der Waals surface area contributed by atoms with Gasteiger partial charge in [-0.2, -0.15) is 0 Å². The van der Waals surface area contributed by atoms with E-state index in [1.807, 2.05) is 18.2 Å². The summed E-state index contributed by atoms with van der Waals surface area (Å²) >= 11 is 0. The van der Waals surface area contributed by atoms with Gasteiger partial charge in [-0.25, -0.2) is 0 Å². The molecule has 1 saturated carbocycles. The highest BCUT2D eigenvalue weighted by Crippen LogP contribution is 2.22. The van der Waals surface area contributed by atoms with Gasteiger partial charge in [0.25, 0.3) is 6.47 Å². The van der Waals surface area contributed by atoms with Gasteiger partial charge in [0, 0.05) is 5.92 Å². The molecular formula is C18H22O2. The Morgan fingerprint density at radius 1 is 1.20 bits per heavy atom. The van der Waals surface area contributed by atoms with E-state index in [4.69, 9.17) is 4.74 Å². The summed E-state index contributed by atoms with van der Waals surface area (Å²) in [7, 11) is 0. The van der Waals surface area contributed by atoms with Gasteiger partial charge in [0.05, 0.1) is 0 Å². The molecule has 106 valence electrons. The molecule has 0 heterocycles. The molecule has 0 N–H and O–H groups in total. The predicted molar refractivity (Wildman–Crippen MR) is 80.1 cm³/mol. The highest BCUT2D eigenvalue weighted by Gasteiger charge is 2.11. The van der Waals surface area contributed by atoms with Crippen LogP contribution in [0.15, 0.2) is 30.3 Å². The largest absolute Gasteiger partial charge is 0.451 e. The van der Waals surface area contributed by atoms with Crippen molar-refractivity contribution in [2.24, 2.45) is 5.92 Å². The van der Waals surface area contributed by atoms with Crippen molar-refractivity contribution in [2.75, 3.05) is 0 Å². The zero-order valence-electron chi connectivity index (χ0n) is 11.9. The van der Waals surface area contributed by atoms with Crippen LogP contribution in [0.4, 0.5) is 0 Å². The third kappa shape index (κ3) is 5.09. The fourth-order valence-electron chi connectivity index (χ4n) is 2.64. The van der Waals surface area contributed by atoms with Gasteiger partial charge in [-0.15, -0.1) is 0 Å². The van der Waals surface area contributed by atoms with Crippen molar-refractivity contribution >= 4 is 6.47 Å². The van der Waals surface area contributed by atoms with E-state index in [1.54, 1.807) is 0 Å². The maximum absolute atomic E-state index is 10.6. The summed E-state index contributed by atoms with van der Waals surface area (Å²) in [6.07, 6.45) is 7.67. The maximum atomic E-state index is 10.6. The van der Waals surface area contributed by atoms with Gasteiger partial charge < -0.3 is 4.74 Å². The fraction of sp³-hybridized carbons (Fsp3) is 0.500. The van der Waals surface area contributed by atoms with E-state index in [9.17, 15) is 4.79 Å². The summed E-state index contributed by atoms with van der Waals surface area (Å²) < 4.78 is 5.10. The quantitative estimate of drug-likeness (QED) is 0.602. The van der Waals surface area contributed by atoms with Gasteiger partial charge in [-0.3, -0.25) is 4.79 Å². The van der Waals surface area contributed by atoms with Crippen LogP contribution < -0.4 is 0 Å². The number of hydrogen-bond donors (Lipinski definition) is 0. The van der Waals surface area contributed by atoms with Crippen LogP contribution in [0.2, 0.25) is 0 Å². The molecule has 0 radical (unpaired) electrons. The van der Waals surface area contributed by atoms with Gasteiger partial charge in [-0.05, 0) is 31.2 Å². The molecule has 0 aromatic heterocycles. The number of rotatable bonds is 5. The Morgan fingerprint density at radius 3 is 2.65 bits per heavy atom. The van der Waals surface area contributed by atoms with E-state index in [0.29, 0.717) is 12.4 Å².